The van der Waals surface area contributed by atoms with Gasteiger partial charge in [-0.05, 0) is 73.8 Å². The molecule has 4 bridgehead atoms. The minimum atomic E-state index is 0.538. The Labute approximate surface area is 126 Å². The van der Waals surface area contributed by atoms with E-state index in [1.54, 1.807) is 11.3 Å². The zero-order chi connectivity index (χ0) is 12.3. The molecule has 1 heterocycles. The lowest BCUT2D eigenvalue weighted by Gasteiger charge is -2.58. The van der Waals surface area contributed by atoms with Gasteiger partial charge in [0.25, 0.3) is 0 Å². The third kappa shape index (κ3) is 1.83. The first-order chi connectivity index (χ1) is 8.64. The van der Waals surface area contributed by atoms with Crippen molar-refractivity contribution in [3.63, 3.8) is 0 Å². The van der Waals surface area contributed by atoms with Crippen molar-refractivity contribution in [1.29, 1.82) is 0 Å². The summed E-state index contributed by atoms with van der Waals surface area (Å²) in [6, 6.07) is 4.28. The fourth-order valence-electron chi connectivity index (χ4n) is 5.25. The largest absolute Gasteiger partial charge is 0.127 e. The first kappa shape index (κ1) is 12.2. The fraction of sp³-hybridized carbons (Fsp3) is 0.733. The molecule has 0 nitrogen and oxygen atoms in total. The molecule has 1 aromatic heterocycles. The summed E-state index contributed by atoms with van der Waals surface area (Å²) in [5, 5.41) is 0. The molecule has 0 saturated heterocycles. The van der Waals surface area contributed by atoms with Crippen LogP contribution in [0.1, 0.15) is 48.2 Å². The Bertz CT molecular complexity index is 432. The zero-order valence-corrected chi connectivity index (χ0v) is 13.5. The van der Waals surface area contributed by atoms with Crippen molar-refractivity contribution < 1.29 is 0 Å². The van der Waals surface area contributed by atoms with E-state index in [2.05, 4.69) is 28.1 Å². The highest BCUT2D eigenvalue weighted by Gasteiger charge is 2.54. The molecule has 0 radical (unpaired) electrons. The molecular formula is C15H18BrClS. The van der Waals surface area contributed by atoms with Crippen LogP contribution >= 0.6 is 38.9 Å². The Morgan fingerprint density at radius 3 is 2.11 bits per heavy atom. The molecule has 5 rings (SSSR count). The summed E-state index contributed by atoms with van der Waals surface area (Å²) in [6.07, 6.45) is 8.90. The molecule has 1 atom stereocenters. The van der Waals surface area contributed by atoms with Gasteiger partial charge in [0.1, 0.15) is 0 Å². The summed E-state index contributed by atoms with van der Waals surface area (Å²) in [7, 11) is 0. The molecular weight excluding hydrogens is 328 g/mol. The first-order valence-electron chi connectivity index (χ1n) is 7.04. The number of hydrogen-bond donors (Lipinski definition) is 0. The van der Waals surface area contributed by atoms with Gasteiger partial charge < -0.3 is 0 Å². The third-order valence-electron chi connectivity index (χ3n) is 5.47. The lowest BCUT2D eigenvalue weighted by Crippen LogP contribution is -2.47. The molecule has 0 aliphatic heterocycles. The smallest absolute Gasteiger partial charge is 0.0931 e. The third-order valence-corrected chi connectivity index (χ3v) is 8.53. The van der Waals surface area contributed by atoms with Crippen LogP contribution in [0.25, 0.3) is 0 Å². The SMILES string of the molecule is Clc1ccc(C(Br)C23CC4CC(CC(C4)C2)C3)s1. The normalized spacial score (nSPS) is 43.3. The van der Waals surface area contributed by atoms with Crippen molar-refractivity contribution in [2.45, 2.75) is 43.4 Å². The van der Waals surface area contributed by atoms with Crippen molar-refractivity contribution in [3.05, 3.63) is 21.3 Å². The van der Waals surface area contributed by atoms with E-state index >= 15 is 0 Å². The molecule has 98 valence electrons. The average molecular weight is 346 g/mol. The number of rotatable bonds is 2. The van der Waals surface area contributed by atoms with Crippen LogP contribution in [0.15, 0.2) is 12.1 Å². The van der Waals surface area contributed by atoms with E-state index in [0.717, 1.165) is 22.1 Å². The van der Waals surface area contributed by atoms with Crippen LogP contribution < -0.4 is 0 Å². The Balaban J connectivity index is 1.67. The van der Waals surface area contributed by atoms with Gasteiger partial charge in [-0.15, -0.1) is 11.3 Å². The maximum absolute atomic E-state index is 6.11. The number of halogens is 2. The van der Waals surface area contributed by atoms with Crippen molar-refractivity contribution in [3.8, 4) is 0 Å². The van der Waals surface area contributed by atoms with Crippen LogP contribution in [0, 0.1) is 23.2 Å². The Kier molecular flexibility index (Phi) is 2.87. The summed E-state index contributed by atoms with van der Waals surface area (Å²) >= 11 is 11.9. The fourth-order valence-corrected chi connectivity index (χ4v) is 7.43. The van der Waals surface area contributed by atoms with Gasteiger partial charge in [0, 0.05) is 4.88 Å². The van der Waals surface area contributed by atoms with Crippen LogP contribution in [-0.2, 0) is 0 Å². The summed E-state index contributed by atoms with van der Waals surface area (Å²) in [5.74, 6) is 3.06. The van der Waals surface area contributed by atoms with Gasteiger partial charge in [-0.2, -0.15) is 0 Å². The molecule has 0 spiro atoms. The number of alkyl halides is 1. The van der Waals surface area contributed by atoms with E-state index < -0.39 is 0 Å². The Morgan fingerprint density at radius 2 is 1.67 bits per heavy atom. The van der Waals surface area contributed by atoms with Gasteiger partial charge in [-0.3, -0.25) is 0 Å². The second-order valence-corrected chi connectivity index (χ2v) is 9.45. The van der Waals surface area contributed by atoms with E-state index in [4.69, 9.17) is 11.6 Å². The topological polar surface area (TPSA) is 0 Å². The minimum absolute atomic E-state index is 0.538. The number of hydrogen-bond acceptors (Lipinski definition) is 1. The van der Waals surface area contributed by atoms with E-state index in [1.807, 2.05) is 0 Å². The van der Waals surface area contributed by atoms with Crippen molar-refractivity contribution in [1.82, 2.24) is 0 Å². The molecule has 1 aromatic rings. The van der Waals surface area contributed by atoms with Crippen LogP contribution in [0.5, 0.6) is 0 Å². The molecule has 4 saturated carbocycles. The van der Waals surface area contributed by atoms with Gasteiger partial charge in [0.05, 0.1) is 9.16 Å². The molecule has 4 fully saturated rings. The van der Waals surface area contributed by atoms with E-state index in [9.17, 15) is 0 Å². The molecule has 3 heteroatoms. The molecule has 0 aromatic carbocycles. The van der Waals surface area contributed by atoms with Crippen LogP contribution in [0.2, 0.25) is 4.34 Å². The predicted octanol–water partition coefficient (Wildman–Crippen LogP) is 6.05. The average Bonchev–Trinajstić information content (AvgIpc) is 2.73. The second kappa shape index (κ2) is 4.23. The summed E-state index contributed by atoms with van der Waals surface area (Å²) < 4.78 is 0.930. The summed E-state index contributed by atoms with van der Waals surface area (Å²) in [6.45, 7) is 0. The molecule has 0 N–H and O–H groups in total. The van der Waals surface area contributed by atoms with E-state index in [1.165, 1.54) is 43.4 Å². The van der Waals surface area contributed by atoms with Crippen molar-refractivity contribution >= 4 is 38.9 Å². The number of thiophene rings is 1. The van der Waals surface area contributed by atoms with Crippen LogP contribution in [0.4, 0.5) is 0 Å². The maximum atomic E-state index is 6.11. The quantitative estimate of drug-likeness (QED) is 0.572. The minimum Gasteiger partial charge on any atom is -0.127 e. The van der Waals surface area contributed by atoms with Crippen LogP contribution in [-0.4, -0.2) is 0 Å². The lowest BCUT2D eigenvalue weighted by molar-refractivity contribution is -0.0524. The standard InChI is InChI=1S/C15H18BrClS/c16-14(12-1-2-13(17)18-12)15-6-9-3-10(7-15)5-11(4-9)8-15/h1-2,9-11,14H,3-8H2. The first-order valence-corrected chi connectivity index (χ1v) is 9.15. The second-order valence-electron chi connectivity index (χ2n) is 6.78. The van der Waals surface area contributed by atoms with Crippen LogP contribution in [0.3, 0.4) is 0 Å². The highest BCUT2D eigenvalue weighted by atomic mass is 79.9. The van der Waals surface area contributed by atoms with Gasteiger partial charge in [-0.25, -0.2) is 0 Å². The molecule has 4 aliphatic rings. The molecule has 4 aliphatic carbocycles. The molecule has 0 amide bonds. The summed E-state index contributed by atoms with van der Waals surface area (Å²) in [4.78, 5) is 1.98. The van der Waals surface area contributed by atoms with E-state index in [-0.39, 0.29) is 0 Å². The molecule has 1 unspecified atom stereocenters. The maximum Gasteiger partial charge on any atom is 0.0931 e. The summed E-state index contributed by atoms with van der Waals surface area (Å²) in [5.41, 5.74) is 0.545. The Morgan fingerprint density at radius 1 is 1.11 bits per heavy atom. The van der Waals surface area contributed by atoms with Gasteiger partial charge in [-0.1, -0.05) is 27.5 Å². The molecule has 18 heavy (non-hydrogen) atoms. The van der Waals surface area contributed by atoms with Gasteiger partial charge in [0.2, 0.25) is 0 Å². The van der Waals surface area contributed by atoms with E-state index in [0.29, 0.717) is 10.2 Å². The monoisotopic (exact) mass is 344 g/mol. The van der Waals surface area contributed by atoms with Crippen molar-refractivity contribution in [2.24, 2.45) is 23.2 Å². The van der Waals surface area contributed by atoms with Crippen molar-refractivity contribution in [2.75, 3.05) is 0 Å². The Hall–Kier alpha value is 0.470. The lowest BCUT2D eigenvalue weighted by atomic mass is 9.49. The van der Waals surface area contributed by atoms with Gasteiger partial charge in [0.15, 0.2) is 0 Å². The van der Waals surface area contributed by atoms with Gasteiger partial charge >= 0.3 is 0 Å². The highest BCUT2D eigenvalue weighted by molar-refractivity contribution is 9.09. The predicted molar refractivity (Wildman–Crippen MR) is 81.6 cm³/mol. The highest BCUT2D eigenvalue weighted by Crippen LogP contribution is 2.66. The zero-order valence-electron chi connectivity index (χ0n) is 10.4.